The van der Waals surface area contributed by atoms with Gasteiger partial charge in [0, 0.05) is 22.2 Å². The number of hydrogen-bond donors (Lipinski definition) is 0. The van der Waals surface area contributed by atoms with Gasteiger partial charge in [0.05, 0.1) is 11.1 Å². The normalized spacial score (nSPS) is 14.3. The Hall–Kier alpha value is -6.70. The van der Waals surface area contributed by atoms with Gasteiger partial charge in [-0.05, 0) is 102 Å². The SMILES string of the molecule is CC1(C)c2ccccc2C2(c3ccccc3-c3ccc(N(c4ccc(-c5ccccc5)cc4)c4cc5ccccc5c5ccccc45)cc32)c2ccccc21. The first-order valence-electron chi connectivity index (χ1n) is 19.4. The molecule has 9 aromatic carbocycles. The van der Waals surface area contributed by atoms with Gasteiger partial charge in [-0.2, -0.15) is 0 Å². The van der Waals surface area contributed by atoms with Gasteiger partial charge in [0.25, 0.3) is 0 Å². The van der Waals surface area contributed by atoms with Crippen LogP contribution in [0, 0.1) is 0 Å². The van der Waals surface area contributed by atoms with E-state index in [1.54, 1.807) is 0 Å². The van der Waals surface area contributed by atoms with Gasteiger partial charge < -0.3 is 4.90 Å². The molecule has 0 fully saturated rings. The predicted octanol–water partition coefficient (Wildman–Crippen LogP) is 14.1. The van der Waals surface area contributed by atoms with Crippen LogP contribution < -0.4 is 4.90 Å². The van der Waals surface area contributed by atoms with Gasteiger partial charge in [0.1, 0.15) is 0 Å². The average molecular weight is 702 g/mol. The molecule has 1 heteroatoms. The lowest BCUT2D eigenvalue weighted by Gasteiger charge is -2.46. The molecule has 0 heterocycles. The van der Waals surface area contributed by atoms with Crippen LogP contribution in [0.1, 0.15) is 47.2 Å². The second-order valence-electron chi connectivity index (χ2n) is 15.7. The highest BCUT2D eigenvalue weighted by Gasteiger charge is 2.53. The molecule has 0 bridgehead atoms. The maximum Gasteiger partial charge on any atom is 0.0720 e. The Morgan fingerprint density at radius 3 is 1.56 bits per heavy atom. The van der Waals surface area contributed by atoms with E-state index < -0.39 is 5.41 Å². The zero-order chi connectivity index (χ0) is 36.7. The van der Waals surface area contributed by atoms with Crippen molar-refractivity contribution in [2.24, 2.45) is 0 Å². The molecule has 0 aliphatic heterocycles. The molecule has 0 aromatic heterocycles. The van der Waals surface area contributed by atoms with Gasteiger partial charge in [0.15, 0.2) is 0 Å². The molecule has 0 unspecified atom stereocenters. The van der Waals surface area contributed by atoms with Crippen LogP contribution in [-0.4, -0.2) is 0 Å². The summed E-state index contributed by atoms with van der Waals surface area (Å²) in [7, 11) is 0. The average Bonchev–Trinajstić information content (AvgIpc) is 3.54. The fourth-order valence-electron chi connectivity index (χ4n) is 10.1. The Labute approximate surface area is 322 Å². The number of benzene rings is 9. The summed E-state index contributed by atoms with van der Waals surface area (Å²) in [6, 6.07) is 74.6. The molecule has 260 valence electrons. The highest BCUT2D eigenvalue weighted by Crippen LogP contribution is 2.62. The molecule has 0 N–H and O–H groups in total. The fraction of sp³-hybridized carbons (Fsp3) is 0.0741. The number of rotatable bonds is 4. The summed E-state index contributed by atoms with van der Waals surface area (Å²) in [5, 5.41) is 4.97. The summed E-state index contributed by atoms with van der Waals surface area (Å²) in [6.45, 7) is 4.78. The minimum Gasteiger partial charge on any atom is -0.310 e. The van der Waals surface area contributed by atoms with Crippen molar-refractivity contribution in [1.29, 1.82) is 0 Å². The van der Waals surface area contributed by atoms with Crippen LogP contribution in [0.2, 0.25) is 0 Å². The zero-order valence-corrected chi connectivity index (χ0v) is 31.0. The van der Waals surface area contributed by atoms with E-state index in [9.17, 15) is 0 Å². The summed E-state index contributed by atoms with van der Waals surface area (Å²) in [4.78, 5) is 2.49. The third kappa shape index (κ3) is 4.47. The van der Waals surface area contributed by atoms with Crippen LogP contribution in [0.5, 0.6) is 0 Å². The molecule has 0 saturated carbocycles. The van der Waals surface area contributed by atoms with Gasteiger partial charge in [-0.1, -0.05) is 184 Å². The quantitative estimate of drug-likeness (QED) is 0.165. The molecule has 0 amide bonds. The Bertz CT molecular complexity index is 2900. The van der Waals surface area contributed by atoms with Crippen molar-refractivity contribution in [1.82, 2.24) is 0 Å². The minimum atomic E-state index is -0.473. The van der Waals surface area contributed by atoms with E-state index in [1.807, 2.05) is 0 Å². The van der Waals surface area contributed by atoms with Crippen molar-refractivity contribution in [3.05, 3.63) is 234 Å². The van der Waals surface area contributed by atoms with Gasteiger partial charge in [0.2, 0.25) is 0 Å². The predicted molar refractivity (Wildman–Crippen MR) is 231 cm³/mol. The number of nitrogens with zero attached hydrogens (tertiary/aromatic N) is 1. The topological polar surface area (TPSA) is 3.24 Å². The van der Waals surface area contributed by atoms with Crippen molar-refractivity contribution in [3.8, 4) is 22.3 Å². The van der Waals surface area contributed by atoms with Gasteiger partial charge >= 0.3 is 0 Å². The van der Waals surface area contributed by atoms with Crippen molar-refractivity contribution >= 4 is 38.6 Å². The van der Waals surface area contributed by atoms with E-state index >= 15 is 0 Å². The second kappa shape index (κ2) is 11.9. The fourth-order valence-corrected chi connectivity index (χ4v) is 10.1. The van der Waals surface area contributed by atoms with Gasteiger partial charge in [-0.25, -0.2) is 0 Å². The Kier molecular flexibility index (Phi) is 6.88. The van der Waals surface area contributed by atoms with Crippen molar-refractivity contribution in [2.45, 2.75) is 24.7 Å². The first-order valence-corrected chi connectivity index (χ1v) is 19.4. The third-order valence-corrected chi connectivity index (χ3v) is 12.5. The number of fused-ring (bicyclic) bond motifs is 12. The van der Waals surface area contributed by atoms with E-state index in [0.717, 1.165) is 17.1 Å². The molecule has 0 saturated heterocycles. The van der Waals surface area contributed by atoms with E-state index in [4.69, 9.17) is 0 Å². The van der Waals surface area contributed by atoms with E-state index in [0.29, 0.717) is 0 Å². The molecule has 55 heavy (non-hydrogen) atoms. The minimum absolute atomic E-state index is 0.149. The van der Waals surface area contributed by atoms with E-state index in [2.05, 4.69) is 219 Å². The molecule has 9 aromatic rings. The molecule has 0 radical (unpaired) electrons. The monoisotopic (exact) mass is 701 g/mol. The smallest absolute Gasteiger partial charge is 0.0720 e. The van der Waals surface area contributed by atoms with Crippen LogP contribution in [0.25, 0.3) is 43.8 Å². The molecular weight excluding hydrogens is 663 g/mol. The Balaban J connectivity index is 1.22. The molecule has 1 nitrogen and oxygen atoms in total. The lowest BCUT2D eigenvalue weighted by Crippen LogP contribution is -2.40. The molecule has 0 atom stereocenters. The third-order valence-electron chi connectivity index (χ3n) is 12.5. The summed E-state index contributed by atoms with van der Waals surface area (Å²) in [5.41, 5.74) is 16.0. The first-order chi connectivity index (χ1) is 27.0. The summed E-state index contributed by atoms with van der Waals surface area (Å²) >= 11 is 0. The molecule has 2 aliphatic rings. The van der Waals surface area contributed by atoms with Crippen LogP contribution in [0.15, 0.2) is 200 Å². The maximum atomic E-state index is 2.51. The second-order valence-corrected chi connectivity index (χ2v) is 15.7. The lowest BCUT2D eigenvalue weighted by atomic mass is 9.55. The van der Waals surface area contributed by atoms with E-state index in [-0.39, 0.29) is 5.41 Å². The van der Waals surface area contributed by atoms with Crippen molar-refractivity contribution in [2.75, 3.05) is 4.90 Å². The molecular formula is C54H39N. The van der Waals surface area contributed by atoms with Crippen LogP contribution >= 0.6 is 0 Å². The summed E-state index contributed by atoms with van der Waals surface area (Å²) in [6.07, 6.45) is 0. The maximum absolute atomic E-state index is 2.51. The number of anilines is 3. The Morgan fingerprint density at radius 1 is 0.345 bits per heavy atom. The number of hydrogen-bond acceptors (Lipinski definition) is 1. The van der Waals surface area contributed by atoms with Crippen molar-refractivity contribution in [3.63, 3.8) is 0 Å². The standard InChI is InChI=1S/C54H39N/c1-53(2)47-24-12-14-26-49(47)54(50-27-15-13-25-48(50)53)46-23-11-10-21-43(46)44-33-32-40(35-51(44)54)55(39-30-28-37(29-31-39)36-16-4-3-5-17-36)52-34-38-18-6-7-19-41(38)42-20-8-9-22-45(42)52/h3-35H,1-2H3. The molecule has 2 aliphatic carbocycles. The zero-order valence-electron chi connectivity index (χ0n) is 31.0. The Morgan fingerprint density at radius 2 is 0.855 bits per heavy atom. The summed E-state index contributed by atoms with van der Waals surface area (Å²) in [5.74, 6) is 0. The van der Waals surface area contributed by atoms with E-state index in [1.165, 1.54) is 77.2 Å². The van der Waals surface area contributed by atoms with Crippen LogP contribution in [-0.2, 0) is 10.8 Å². The highest BCUT2D eigenvalue weighted by atomic mass is 15.1. The largest absolute Gasteiger partial charge is 0.310 e. The highest BCUT2D eigenvalue weighted by molar-refractivity contribution is 6.14. The van der Waals surface area contributed by atoms with Crippen LogP contribution in [0.3, 0.4) is 0 Å². The molecule has 11 rings (SSSR count). The lowest BCUT2D eigenvalue weighted by molar-refractivity contribution is 0.563. The van der Waals surface area contributed by atoms with Gasteiger partial charge in [-0.3, -0.25) is 0 Å². The van der Waals surface area contributed by atoms with Crippen molar-refractivity contribution < 1.29 is 0 Å². The van der Waals surface area contributed by atoms with Gasteiger partial charge in [-0.15, -0.1) is 0 Å². The van der Waals surface area contributed by atoms with Crippen LogP contribution in [0.4, 0.5) is 17.1 Å². The summed E-state index contributed by atoms with van der Waals surface area (Å²) < 4.78 is 0. The first kappa shape index (κ1) is 31.8. The molecule has 1 spiro atoms.